The van der Waals surface area contributed by atoms with E-state index in [2.05, 4.69) is 27.8 Å². The van der Waals surface area contributed by atoms with Gasteiger partial charge in [-0.1, -0.05) is 35.1 Å². The van der Waals surface area contributed by atoms with E-state index in [1.807, 2.05) is 19.1 Å². The van der Waals surface area contributed by atoms with Gasteiger partial charge in [-0.2, -0.15) is 13.2 Å². The van der Waals surface area contributed by atoms with Crippen LogP contribution in [0, 0.1) is 6.92 Å². The number of alkyl halides is 3. The number of rotatable bonds is 4. The van der Waals surface area contributed by atoms with E-state index in [0.717, 1.165) is 48.5 Å². The first-order valence-corrected chi connectivity index (χ1v) is 10.7. The van der Waals surface area contributed by atoms with E-state index in [4.69, 9.17) is 0 Å². The van der Waals surface area contributed by atoms with Crippen molar-refractivity contribution < 1.29 is 18.3 Å². The fourth-order valence-electron chi connectivity index (χ4n) is 4.06. The molecule has 3 aromatic rings. The summed E-state index contributed by atoms with van der Waals surface area (Å²) in [5.41, 5.74) is 3.21. The van der Waals surface area contributed by atoms with Gasteiger partial charge in [0.25, 0.3) is 0 Å². The zero-order valence-corrected chi connectivity index (χ0v) is 17.7. The third-order valence-corrected chi connectivity index (χ3v) is 6.50. The number of aryl methyl sites for hydroxylation is 1. The van der Waals surface area contributed by atoms with Gasteiger partial charge in [0, 0.05) is 32.2 Å². The Morgan fingerprint density at radius 1 is 1.13 bits per heavy atom. The molecule has 1 aromatic heterocycles. The van der Waals surface area contributed by atoms with Crippen LogP contribution in [-0.2, 0) is 19.3 Å². The van der Waals surface area contributed by atoms with Gasteiger partial charge in [-0.15, -0.1) is 0 Å². The topological polar surface area (TPSA) is 39.6 Å². The van der Waals surface area contributed by atoms with Crippen molar-refractivity contribution in [2.24, 2.45) is 0 Å². The highest BCUT2D eigenvalue weighted by Gasteiger charge is 2.31. The summed E-state index contributed by atoms with van der Waals surface area (Å²) in [4.78, 5) is 9.14. The highest BCUT2D eigenvalue weighted by atomic mass is 32.1. The van der Waals surface area contributed by atoms with Crippen molar-refractivity contribution in [2.45, 2.75) is 39.2 Å². The van der Waals surface area contributed by atoms with Gasteiger partial charge >= 0.3 is 6.18 Å². The molecule has 30 heavy (non-hydrogen) atoms. The molecule has 0 radical (unpaired) electrons. The third-order valence-electron chi connectivity index (χ3n) is 5.45. The summed E-state index contributed by atoms with van der Waals surface area (Å²) >= 11 is 1.32. The van der Waals surface area contributed by atoms with Crippen LogP contribution in [0.4, 0.5) is 18.3 Å². The van der Waals surface area contributed by atoms with Crippen LogP contribution in [0.1, 0.15) is 29.2 Å². The number of aromatic nitrogens is 1. The standard InChI is InChI=1S/C22H24F3N3OS/c1-14-7-16(9-17(8-14)13-29)12-27-5-6-28(15(2)11-27)21-26-19-4-3-18(22(23,24)25)10-20(19)30-21/h3-4,7-10,15,29H,5-6,11-13H2,1-2H3. The first-order chi connectivity index (χ1) is 14.2. The molecule has 1 aliphatic rings. The van der Waals surface area contributed by atoms with Crippen molar-refractivity contribution in [3.05, 3.63) is 58.7 Å². The molecule has 0 bridgehead atoms. The minimum atomic E-state index is -4.34. The second-order valence-corrected chi connectivity index (χ2v) is 8.95. The van der Waals surface area contributed by atoms with Crippen molar-refractivity contribution >= 4 is 26.7 Å². The van der Waals surface area contributed by atoms with E-state index in [9.17, 15) is 18.3 Å². The quantitative estimate of drug-likeness (QED) is 0.638. The Kier molecular flexibility index (Phi) is 5.74. The zero-order chi connectivity index (χ0) is 21.5. The normalized spacial score (nSPS) is 18.3. The van der Waals surface area contributed by atoms with E-state index >= 15 is 0 Å². The molecule has 0 aliphatic carbocycles. The van der Waals surface area contributed by atoms with Crippen molar-refractivity contribution in [1.82, 2.24) is 9.88 Å². The lowest BCUT2D eigenvalue weighted by Crippen LogP contribution is -2.51. The van der Waals surface area contributed by atoms with Crippen LogP contribution in [-0.4, -0.2) is 40.7 Å². The molecule has 2 aromatic carbocycles. The summed E-state index contributed by atoms with van der Waals surface area (Å²) < 4.78 is 39.5. The molecule has 0 saturated carbocycles. The first-order valence-electron chi connectivity index (χ1n) is 9.90. The summed E-state index contributed by atoms with van der Waals surface area (Å²) in [6, 6.07) is 10.1. The van der Waals surface area contributed by atoms with Crippen molar-refractivity contribution in [3.63, 3.8) is 0 Å². The van der Waals surface area contributed by atoms with Crippen LogP contribution in [0.3, 0.4) is 0 Å². The van der Waals surface area contributed by atoms with Crippen molar-refractivity contribution in [1.29, 1.82) is 0 Å². The number of piperazine rings is 1. The largest absolute Gasteiger partial charge is 0.416 e. The molecular weight excluding hydrogens is 411 g/mol. The molecule has 0 amide bonds. The van der Waals surface area contributed by atoms with Gasteiger partial charge in [-0.25, -0.2) is 4.98 Å². The number of hydrogen-bond acceptors (Lipinski definition) is 5. The maximum absolute atomic E-state index is 13.0. The highest BCUT2D eigenvalue weighted by molar-refractivity contribution is 7.22. The number of nitrogens with zero attached hydrogens (tertiary/aromatic N) is 3. The number of fused-ring (bicyclic) bond motifs is 1. The van der Waals surface area contributed by atoms with Crippen LogP contribution in [0.25, 0.3) is 10.2 Å². The number of benzene rings is 2. The van der Waals surface area contributed by atoms with Crippen LogP contribution in [0.5, 0.6) is 0 Å². The highest BCUT2D eigenvalue weighted by Crippen LogP contribution is 2.36. The molecule has 2 heterocycles. The molecular formula is C22H24F3N3OS. The predicted octanol–water partition coefficient (Wildman–Crippen LogP) is 4.83. The summed E-state index contributed by atoms with van der Waals surface area (Å²) in [7, 11) is 0. The van der Waals surface area contributed by atoms with Gasteiger partial charge in [-0.3, -0.25) is 4.90 Å². The van der Waals surface area contributed by atoms with E-state index in [1.165, 1.54) is 29.0 Å². The van der Waals surface area contributed by atoms with Gasteiger partial charge in [-0.05, 0) is 43.2 Å². The molecule has 0 spiro atoms. The molecule has 1 unspecified atom stereocenters. The van der Waals surface area contributed by atoms with Crippen molar-refractivity contribution in [3.8, 4) is 0 Å². The molecule has 4 nitrogen and oxygen atoms in total. The maximum atomic E-state index is 13.0. The average molecular weight is 436 g/mol. The number of aliphatic hydroxyl groups is 1. The fraction of sp³-hybridized carbons (Fsp3) is 0.409. The van der Waals surface area contributed by atoms with Gasteiger partial charge in [0.2, 0.25) is 0 Å². The number of thiazole rings is 1. The Morgan fingerprint density at radius 3 is 2.60 bits per heavy atom. The summed E-state index contributed by atoms with van der Waals surface area (Å²) in [5.74, 6) is 0. The first kappa shape index (κ1) is 21.1. The lowest BCUT2D eigenvalue weighted by atomic mass is 10.1. The Balaban J connectivity index is 1.47. The van der Waals surface area contributed by atoms with E-state index in [0.29, 0.717) is 10.2 Å². The van der Waals surface area contributed by atoms with Gasteiger partial charge in [0.1, 0.15) is 0 Å². The average Bonchev–Trinajstić information content (AvgIpc) is 3.09. The van der Waals surface area contributed by atoms with Crippen LogP contribution >= 0.6 is 11.3 Å². The second-order valence-electron chi connectivity index (χ2n) is 7.94. The molecule has 160 valence electrons. The lowest BCUT2D eigenvalue weighted by molar-refractivity contribution is -0.137. The monoisotopic (exact) mass is 435 g/mol. The van der Waals surface area contributed by atoms with Gasteiger partial charge in [0.15, 0.2) is 5.13 Å². The van der Waals surface area contributed by atoms with Crippen LogP contribution < -0.4 is 4.90 Å². The van der Waals surface area contributed by atoms with E-state index in [1.54, 1.807) is 0 Å². The predicted molar refractivity (Wildman–Crippen MR) is 114 cm³/mol. The Morgan fingerprint density at radius 2 is 1.90 bits per heavy atom. The van der Waals surface area contributed by atoms with E-state index in [-0.39, 0.29) is 12.6 Å². The van der Waals surface area contributed by atoms with Gasteiger partial charge < -0.3 is 10.0 Å². The Bertz CT molecular complexity index is 1050. The molecule has 1 aliphatic heterocycles. The van der Waals surface area contributed by atoms with Crippen LogP contribution in [0.2, 0.25) is 0 Å². The number of anilines is 1. The third kappa shape index (κ3) is 4.45. The second kappa shape index (κ2) is 8.17. The molecule has 1 fully saturated rings. The lowest BCUT2D eigenvalue weighted by Gasteiger charge is -2.39. The minimum absolute atomic E-state index is 0.0342. The summed E-state index contributed by atoms with van der Waals surface area (Å²) in [6.45, 7) is 7.44. The van der Waals surface area contributed by atoms with Gasteiger partial charge in [0.05, 0.1) is 22.4 Å². The minimum Gasteiger partial charge on any atom is -0.392 e. The Labute approximate surface area is 177 Å². The van der Waals surface area contributed by atoms with Crippen molar-refractivity contribution in [2.75, 3.05) is 24.5 Å². The number of hydrogen-bond donors (Lipinski definition) is 1. The zero-order valence-electron chi connectivity index (χ0n) is 16.9. The van der Waals surface area contributed by atoms with E-state index < -0.39 is 11.7 Å². The Hall–Kier alpha value is -2.16. The number of aliphatic hydroxyl groups excluding tert-OH is 1. The fourth-order valence-corrected chi connectivity index (χ4v) is 5.19. The SMILES string of the molecule is Cc1cc(CO)cc(CN2CCN(c3nc4ccc(C(F)(F)F)cc4s3)C(C)C2)c1. The molecule has 1 atom stereocenters. The molecule has 8 heteroatoms. The molecule has 4 rings (SSSR count). The molecule has 1 saturated heterocycles. The smallest absolute Gasteiger partial charge is 0.392 e. The molecule has 1 N–H and O–H groups in total. The van der Waals surface area contributed by atoms with Crippen LogP contribution in [0.15, 0.2) is 36.4 Å². The maximum Gasteiger partial charge on any atom is 0.416 e. The number of halogens is 3. The summed E-state index contributed by atoms with van der Waals surface area (Å²) in [6.07, 6.45) is -4.34. The summed E-state index contributed by atoms with van der Waals surface area (Å²) in [5, 5.41) is 10.2.